The molecule has 2 nitrogen and oxygen atoms in total. The van der Waals surface area contributed by atoms with E-state index in [1.165, 1.54) is 19.3 Å². The molecule has 2 aliphatic heterocycles. The number of aliphatic hydroxyl groups is 1. The summed E-state index contributed by atoms with van der Waals surface area (Å²) >= 11 is 0. The maximum atomic E-state index is 9.20. The Labute approximate surface area is 73.9 Å². The molecule has 0 aromatic heterocycles. The van der Waals surface area contributed by atoms with Gasteiger partial charge < -0.3 is 9.84 Å². The molecule has 1 saturated carbocycles. The minimum absolute atomic E-state index is 0.142. The normalized spacial score (nSPS) is 46.5. The van der Waals surface area contributed by atoms with Gasteiger partial charge in [0, 0.05) is 0 Å². The van der Waals surface area contributed by atoms with Gasteiger partial charge in [-0.15, -0.1) is 0 Å². The minimum Gasteiger partial charge on any atom is -0.393 e. The van der Waals surface area contributed by atoms with Crippen LogP contribution >= 0.6 is 0 Å². The van der Waals surface area contributed by atoms with Gasteiger partial charge in [0.05, 0.1) is 18.8 Å². The highest BCUT2D eigenvalue weighted by atomic mass is 16.5. The summed E-state index contributed by atoms with van der Waals surface area (Å²) in [6, 6.07) is 0. The minimum atomic E-state index is -0.142. The van der Waals surface area contributed by atoms with Crippen LogP contribution in [0, 0.1) is 5.41 Å². The Bertz CT molecular complexity index is 132. The smallest absolute Gasteiger partial charge is 0.0912 e. The zero-order valence-corrected chi connectivity index (χ0v) is 7.81. The average molecular weight is 170 g/mol. The van der Waals surface area contributed by atoms with Crippen molar-refractivity contribution in [1.82, 2.24) is 0 Å². The van der Waals surface area contributed by atoms with Crippen LogP contribution in [-0.2, 0) is 4.74 Å². The van der Waals surface area contributed by atoms with Crippen molar-refractivity contribution in [3.63, 3.8) is 0 Å². The fourth-order valence-electron chi connectivity index (χ4n) is 2.49. The van der Waals surface area contributed by atoms with Crippen LogP contribution in [0.25, 0.3) is 0 Å². The predicted octanol–water partition coefficient (Wildman–Crippen LogP) is 1.72. The maximum Gasteiger partial charge on any atom is 0.0912 e. The van der Waals surface area contributed by atoms with E-state index in [4.69, 9.17) is 4.74 Å². The third-order valence-electron chi connectivity index (χ3n) is 3.94. The summed E-state index contributed by atoms with van der Waals surface area (Å²) < 4.78 is 5.76. The third-order valence-corrected chi connectivity index (χ3v) is 3.94. The van der Waals surface area contributed by atoms with Gasteiger partial charge in [0.25, 0.3) is 0 Å². The number of rotatable bonds is 2. The van der Waals surface area contributed by atoms with E-state index in [9.17, 15) is 5.11 Å². The molecule has 3 rings (SSSR count). The predicted molar refractivity (Wildman–Crippen MR) is 47.0 cm³/mol. The maximum absolute atomic E-state index is 9.20. The van der Waals surface area contributed by atoms with E-state index in [2.05, 4.69) is 6.92 Å². The molecule has 0 atom stereocenters. The van der Waals surface area contributed by atoms with Gasteiger partial charge in [-0.1, -0.05) is 6.92 Å². The lowest BCUT2D eigenvalue weighted by atomic mass is 9.65. The van der Waals surface area contributed by atoms with Gasteiger partial charge in [-0.2, -0.15) is 0 Å². The lowest BCUT2D eigenvalue weighted by Crippen LogP contribution is -2.52. The van der Waals surface area contributed by atoms with Crippen LogP contribution in [0.5, 0.6) is 0 Å². The van der Waals surface area contributed by atoms with Crippen molar-refractivity contribution >= 4 is 0 Å². The number of hydrogen-bond donors (Lipinski definition) is 1. The topological polar surface area (TPSA) is 29.5 Å². The van der Waals surface area contributed by atoms with E-state index in [1.807, 2.05) is 0 Å². The van der Waals surface area contributed by atoms with E-state index in [-0.39, 0.29) is 12.2 Å². The van der Waals surface area contributed by atoms with E-state index in [1.54, 1.807) is 0 Å². The lowest BCUT2D eigenvalue weighted by Gasteiger charge is -2.52. The Hall–Kier alpha value is -0.0800. The van der Waals surface area contributed by atoms with Gasteiger partial charge in [0.2, 0.25) is 0 Å². The number of fused-ring (bicyclic) bond motifs is 3. The second kappa shape index (κ2) is 2.71. The van der Waals surface area contributed by atoms with Crippen LogP contribution < -0.4 is 0 Å². The van der Waals surface area contributed by atoms with E-state index in [0.717, 1.165) is 19.4 Å². The van der Waals surface area contributed by atoms with Gasteiger partial charge in [-0.05, 0) is 37.5 Å². The fourth-order valence-corrected chi connectivity index (χ4v) is 2.49. The molecule has 3 fully saturated rings. The summed E-state index contributed by atoms with van der Waals surface area (Å²) in [6.45, 7) is 3.34. The molecule has 2 saturated heterocycles. The second-order valence-electron chi connectivity index (χ2n) is 4.48. The second-order valence-corrected chi connectivity index (χ2v) is 4.48. The van der Waals surface area contributed by atoms with Gasteiger partial charge in [-0.3, -0.25) is 0 Å². The standard InChI is InChI=1S/C10H18O2/c1-2-9-3-5-10(7-11,6-4-9)12-8-9/h11H,2-8H2,1H3. The molecular formula is C10H18O2. The molecule has 70 valence electrons. The Balaban J connectivity index is 2.09. The summed E-state index contributed by atoms with van der Waals surface area (Å²) in [5.74, 6) is 0. The summed E-state index contributed by atoms with van der Waals surface area (Å²) in [4.78, 5) is 0. The van der Waals surface area contributed by atoms with Crippen molar-refractivity contribution in [1.29, 1.82) is 0 Å². The Morgan fingerprint density at radius 2 is 1.92 bits per heavy atom. The first-order chi connectivity index (χ1) is 5.74. The monoisotopic (exact) mass is 170 g/mol. The van der Waals surface area contributed by atoms with Crippen LogP contribution in [0.4, 0.5) is 0 Å². The number of hydrogen-bond acceptors (Lipinski definition) is 2. The number of ether oxygens (including phenoxy) is 1. The summed E-state index contributed by atoms with van der Waals surface area (Å²) in [5, 5.41) is 9.20. The molecule has 0 aromatic carbocycles. The molecule has 0 spiro atoms. The summed E-state index contributed by atoms with van der Waals surface area (Å²) in [6.07, 6.45) is 5.87. The largest absolute Gasteiger partial charge is 0.393 e. The van der Waals surface area contributed by atoms with Crippen molar-refractivity contribution < 1.29 is 9.84 Å². The molecule has 0 unspecified atom stereocenters. The van der Waals surface area contributed by atoms with Gasteiger partial charge in [-0.25, -0.2) is 0 Å². The van der Waals surface area contributed by atoms with Crippen LogP contribution in [0.2, 0.25) is 0 Å². The molecule has 12 heavy (non-hydrogen) atoms. The molecule has 1 aliphatic carbocycles. The third kappa shape index (κ3) is 1.09. The SMILES string of the molecule is CCC12CCC(CO)(CC1)OC2. The average Bonchev–Trinajstić information content (AvgIpc) is 2.21. The summed E-state index contributed by atoms with van der Waals surface area (Å²) in [7, 11) is 0. The molecule has 2 heteroatoms. The quantitative estimate of drug-likeness (QED) is 0.683. The first kappa shape index (κ1) is 8.52. The molecule has 2 bridgehead atoms. The fraction of sp³-hybridized carbons (Fsp3) is 1.00. The van der Waals surface area contributed by atoms with Crippen molar-refractivity contribution in [2.24, 2.45) is 5.41 Å². The molecule has 0 amide bonds. The highest BCUT2D eigenvalue weighted by Crippen LogP contribution is 2.50. The van der Waals surface area contributed by atoms with Crippen LogP contribution in [0.1, 0.15) is 39.0 Å². The van der Waals surface area contributed by atoms with E-state index >= 15 is 0 Å². The zero-order valence-electron chi connectivity index (χ0n) is 7.81. The first-order valence-electron chi connectivity index (χ1n) is 4.99. The molecule has 3 aliphatic rings. The van der Waals surface area contributed by atoms with Crippen molar-refractivity contribution in [3.05, 3.63) is 0 Å². The Morgan fingerprint density at radius 3 is 2.25 bits per heavy atom. The molecule has 1 N–H and O–H groups in total. The van der Waals surface area contributed by atoms with Crippen LogP contribution in [0.3, 0.4) is 0 Å². The van der Waals surface area contributed by atoms with Gasteiger partial charge >= 0.3 is 0 Å². The molecule has 0 aromatic rings. The van der Waals surface area contributed by atoms with Crippen molar-refractivity contribution in [2.75, 3.05) is 13.2 Å². The zero-order chi connectivity index (χ0) is 8.66. The highest BCUT2D eigenvalue weighted by Gasteiger charge is 2.48. The van der Waals surface area contributed by atoms with E-state index in [0.29, 0.717) is 5.41 Å². The highest BCUT2D eigenvalue weighted by molar-refractivity contribution is 4.98. The summed E-state index contributed by atoms with van der Waals surface area (Å²) in [5.41, 5.74) is 0.327. The Morgan fingerprint density at radius 1 is 1.25 bits per heavy atom. The van der Waals surface area contributed by atoms with Crippen LogP contribution in [0.15, 0.2) is 0 Å². The van der Waals surface area contributed by atoms with Crippen LogP contribution in [-0.4, -0.2) is 23.9 Å². The molecule has 0 radical (unpaired) electrons. The number of aliphatic hydroxyl groups excluding tert-OH is 1. The van der Waals surface area contributed by atoms with Gasteiger partial charge in [0.15, 0.2) is 0 Å². The van der Waals surface area contributed by atoms with Crippen molar-refractivity contribution in [2.45, 2.75) is 44.6 Å². The van der Waals surface area contributed by atoms with Crippen molar-refractivity contribution in [3.8, 4) is 0 Å². The first-order valence-corrected chi connectivity index (χ1v) is 4.99. The van der Waals surface area contributed by atoms with E-state index < -0.39 is 0 Å². The Kier molecular flexibility index (Phi) is 1.92. The lowest BCUT2D eigenvalue weighted by molar-refractivity contribution is -0.199. The molecule has 2 heterocycles. The van der Waals surface area contributed by atoms with Gasteiger partial charge in [0.1, 0.15) is 0 Å². The molecular weight excluding hydrogens is 152 g/mol.